The molecule has 6 heteroatoms. The van der Waals surface area contributed by atoms with Gasteiger partial charge < -0.3 is 15.0 Å². The molecule has 1 fully saturated rings. The molecule has 3 rings (SSSR count). The second-order valence-corrected chi connectivity index (χ2v) is 6.95. The number of ether oxygens (including phenoxy) is 1. The molecule has 0 bridgehead atoms. The summed E-state index contributed by atoms with van der Waals surface area (Å²) in [5.74, 6) is 0.151. The minimum absolute atomic E-state index is 0.132. The smallest absolute Gasteiger partial charge is 0.262 e. The van der Waals surface area contributed by atoms with E-state index in [9.17, 15) is 4.79 Å². The Kier molecular flexibility index (Phi) is 5.71. The zero-order chi connectivity index (χ0) is 17.8. The highest BCUT2D eigenvalue weighted by atomic mass is 35.5. The van der Waals surface area contributed by atoms with E-state index in [-0.39, 0.29) is 12.5 Å². The third kappa shape index (κ3) is 4.59. The van der Waals surface area contributed by atoms with E-state index in [4.69, 9.17) is 27.9 Å². The monoisotopic (exact) mass is 378 g/mol. The predicted octanol–water partition coefficient (Wildman–Crippen LogP) is 4.92. The highest BCUT2D eigenvalue weighted by molar-refractivity contribution is 6.34. The van der Waals surface area contributed by atoms with E-state index in [0.29, 0.717) is 15.8 Å². The van der Waals surface area contributed by atoms with E-state index >= 15 is 0 Å². The van der Waals surface area contributed by atoms with Crippen molar-refractivity contribution in [1.82, 2.24) is 0 Å². The maximum atomic E-state index is 12.2. The zero-order valence-electron chi connectivity index (χ0n) is 14.0. The molecule has 1 amide bonds. The minimum atomic E-state index is -0.243. The van der Waals surface area contributed by atoms with Gasteiger partial charge in [-0.15, -0.1) is 0 Å². The molecule has 0 radical (unpaired) electrons. The van der Waals surface area contributed by atoms with Crippen molar-refractivity contribution in [3.05, 3.63) is 52.0 Å². The lowest BCUT2D eigenvalue weighted by atomic mass is 10.1. The van der Waals surface area contributed by atoms with E-state index in [1.54, 1.807) is 18.2 Å². The van der Waals surface area contributed by atoms with Crippen LogP contribution in [0.4, 0.5) is 11.4 Å². The minimum Gasteiger partial charge on any atom is -0.482 e. The molecule has 0 unspecified atom stereocenters. The van der Waals surface area contributed by atoms with E-state index in [2.05, 4.69) is 16.3 Å². The third-order valence-electron chi connectivity index (χ3n) is 4.21. The van der Waals surface area contributed by atoms with Gasteiger partial charge in [0.25, 0.3) is 5.91 Å². The van der Waals surface area contributed by atoms with Crippen LogP contribution < -0.4 is 15.0 Å². The number of amides is 1. The van der Waals surface area contributed by atoms with Crippen LogP contribution in [-0.4, -0.2) is 25.6 Å². The fourth-order valence-corrected chi connectivity index (χ4v) is 3.21. The van der Waals surface area contributed by atoms with Gasteiger partial charge >= 0.3 is 0 Å². The first kappa shape index (κ1) is 17.9. The third-order valence-corrected chi connectivity index (χ3v) is 4.75. The molecule has 1 heterocycles. The Hall–Kier alpha value is -1.91. The molecule has 1 saturated heterocycles. The molecule has 0 spiro atoms. The molecular formula is C19H20Cl2N2O2. The highest BCUT2D eigenvalue weighted by Gasteiger charge is 2.14. The summed E-state index contributed by atoms with van der Waals surface area (Å²) < 4.78 is 5.46. The Morgan fingerprint density at radius 2 is 1.92 bits per heavy atom. The summed E-state index contributed by atoms with van der Waals surface area (Å²) in [5.41, 5.74) is 3.02. The van der Waals surface area contributed by atoms with Gasteiger partial charge in [0, 0.05) is 35.6 Å². The predicted molar refractivity (Wildman–Crippen MR) is 103 cm³/mol. The Morgan fingerprint density at radius 3 is 2.64 bits per heavy atom. The normalized spacial score (nSPS) is 13.8. The van der Waals surface area contributed by atoms with Crippen LogP contribution >= 0.6 is 23.2 Å². The maximum absolute atomic E-state index is 12.2. The summed E-state index contributed by atoms with van der Waals surface area (Å²) in [6.45, 7) is 4.05. The number of anilines is 2. The van der Waals surface area contributed by atoms with E-state index in [0.717, 1.165) is 24.3 Å². The number of hydrogen-bond acceptors (Lipinski definition) is 3. The number of halogens is 2. The van der Waals surface area contributed by atoms with Crippen LogP contribution in [0.5, 0.6) is 5.75 Å². The Balaban J connectivity index is 1.60. The van der Waals surface area contributed by atoms with Crippen LogP contribution in [0.1, 0.15) is 18.4 Å². The van der Waals surface area contributed by atoms with Gasteiger partial charge in [-0.2, -0.15) is 0 Å². The molecule has 0 aromatic heterocycles. The molecule has 2 aromatic carbocycles. The van der Waals surface area contributed by atoms with Gasteiger partial charge in [0.05, 0.1) is 5.02 Å². The highest BCUT2D eigenvalue weighted by Crippen LogP contribution is 2.28. The van der Waals surface area contributed by atoms with Crippen molar-refractivity contribution >= 4 is 40.5 Å². The number of rotatable bonds is 5. The van der Waals surface area contributed by atoms with Crippen LogP contribution in [0.2, 0.25) is 10.0 Å². The van der Waals surface area contributed by atoms with E-state index in [1.165, 1.54) is 18.5 Å². The van der Waals surface area contributed by atoms with Gasteiger partial charge in [-0.05, 0) is 55.7 Å². The average molecular weight is 379 g/mol. The summed E-state index contributed by atoms with van der Waals surface area (Å²) in [4.78, 5) is 14.5. The van der Waals surface area contributed by atoms with Gasteiger partial charge in [0.1, 0.15) is 5.75 Å². The molecule has 0 aliphatic carbocycles. The van der Waals surface area contributed by atoms with Gasteiger partial charge in [0.15, 0.2) is 6.61 Å². The molecule has 1 N–H and O–H groups in total. The number of hydrogen-bond donors (Lipinski definition) is 1. The molecule has 0 atom stereocenters. The fourth-order valence-electron chi connectivity index (χ4n) is 2.88. The van der Waals surface area contributed by atoms with Crippen molar-refractivity contribution < 1.29 is 9.53 Å². The fraction of sp³-hybridized carbons (Fsp3) is 0.316. The summed E-state index contributed by atoms with van der Waals surface area (Å²) >= 11 is 11.9. The van der Waals surface area contributed by atoms with Gasteiger partial charge in [-0.3, -0.25) is 4.79 Å². The van der Waals surface area contributed by atoms with Crippen molar-refractivity contribution in [1.29, 1.82) is 0 Å². The SMILES string of the molecule is Cc1cc(N2CCCC2)ccc1NC(=O)COc1cc(Cl)ccc1Cl. The summed E-state index contributed by atoms with van der Waals surface area (Å²) in [5, 5.41) is 3.80. The number of aryl methyl sites for hydroxylation is 1. The van der Waals surface area contributed by atoms with Crippen LogP contribution in [0.15, 0.2) is 36.4 Å². The van der Waals surface area contributed by atoms with Crippen LogP contribution in [-0.2, 0) is 4.79 Å². The van der Waals surface area contributed by atoms with Crippen molar-refractivity contribution in [2.45, 2.75) is 19.8 Å². The summed E-state index contributed by atoms with van der Waals surface area (Å²) in [6, 6.07) is 11.0. The second-order valence-electron chi connectivity index (χ2n) is 6.10. The van der Waals surface area contributed by atoms with E-state index in [1.807, 2.05) is 19.1 Å². The van der Waals surface area contributed by atoms with Gasteiger partial charge in [0.2, 0.25) is 0 Å². The molecule has 2 aromatic rings. The number of carbonyl (C=O) groups excluding carboxylic acids is 1. The maximum Gasteiger partial charge on any atom is 0.262 e. The van der Waals surface area contributed by atoms with Gasteiger partial charge in [-0.1, -0.05) is 23.2 Å². The zero-order valence-corrected chi connectivity index (χ0v) is 15.5. The van der Waals surface area contributed by atoms with Crippen LogP contribution in [0, 0.1) is 6.92 Å². The molecule has 25 heavy (non-hydrogen) atoms. The molecule has 4 nitrogen and oxygen atoms in total. The van der Waals surface area contributed by atoms with Crippen molar-refractivity contribution in [2.75, 3.05) is 29.9 Å². The lowest BCUT2D eigenvalue weighted by molar-refractivity contribution is -0.118. The molecule has 132 valence electrons. The largest absolute Gasteiger partial charge is 0.482 e. The number of carbonyl (C=O) groups is 1. The van der Waals surface area contributed by atoms with Crippen molar-refractivity contribution in [3.63, 3.8) is 0 Å². The first-order valence-electron chi connectivity index (χ1n) is 8.26. The molecule has 0 saturated carbocycles. The summed E-state index contributed by atoms with van der Waals surface area (Å²) in [7, 11) is 0. The van der Waals surface area contributed by atoms with Crippen molar-refractivity contribution in [3.8, 4) is 5.75 Å². The number of nitrogens with one attached hydrogen (secondary N) is 1. The molecule has 1 aliphatic rings. The lowest BCUT2D eigenvalue weighted by Gasteiger charge is -2.19. The first-order valence-corrected chi connectivity index (χ1v) is 9.02. The molecule has 1 aliphatic heterocycles. The Labute approximate surface area is 157 Å². The average Bonchev–Trinajstić information content (AvgIpc) is 3.12. The van der Waals surface area contributed by atoms with Crippen LogP contribution in [0.25, 0.3) is 0 Å². The number of benzene rings is 2. The van der Waals surface area contributed by atoms with Gasteiger partial charge in [-0.25, -0.2) is 0 Å². The summed E-state index contributed by atoms with van der Waals surface area (Å²) in [6.07, 6.45) is 2.47. The molecular weight excluding hydrogens is 359 g/mol. The quantitative estimate of drug-likeness (QED) is 0.802. The number of nitrogens with zero attached hydrogens (tertiary/aromatic N) is 1. The lowest BCUT2D eigenvalue weighted by Crippen LogP contribution is -2.21. The standard InChI is InChI=1S/C19H20Cl2N2O2/c1-13-10-15(23-8-2-3-9-23)5-7-17(13)22-19(24)12-25-18-11-14(20)4-6-16(18)21/h4-7,10-11H,2-3,8-9,12H2,1H3,(H,22,24). The van der Waals surface area contributed by atoms with Crippen LogP contribution in [0.3, 0.4) is 0 Å². The van der Waals surface area contributed by atoms with E-state index < -0.39 is 0 Å². The Bertz CT molecular complexity index is 774. The van der Waals surface area contributed by atoms with Crippen molar-refractivity contribution in [2.24, 2.45) is 0 Å². The first-order chi connectivity index (χ1) is 12.0. The Morgan fingerprint density at radius 1 is 1.16 bits per heavy atom. The second kappa shape index (κ2) is 7.98. The topological polar surface area (TPSA) is 41.6 Å².